The Morgan fingerprint density at radius 1 is 1.33 bits per heavy atom. The van der Waals surface area contributed by atoms with E-state index in [-0.39, 0.29) is 12.1 Å². The molecule has 0 saturated carbocycles. The standard InChI is InChI=1S/C16H25N3O2/c1-11(20)9-13-10-21-8-7-19(13)16-14-5-3-4-6-15(14)17-12(2)18-16/h11,13,20H,3-10H2,1-2H3. The zero-order valence-electron chi connectivity index (χ0n) is 13.0. The second-order valence-corrected chi connectivity index (χ2v) is 6.23. The topological polar surface area (TPSA) is 58.5 Å². The molecule has 2 heterocycles. The van der Waals surface area contributed by atoms with E-state index in [0.717, 1.165) is 44.1 Å². The number of hydrogen-bond acceptors (Lipinski definition) is 5. The molecule has 0 radical (unpaired) electrons. The van der Waals surface area contributed by atoms with Crippen molar-refractivity contribution in [2.75, 3.05) is 24.7 Å². The highest BCUT2D eigenvalue weighted by Crippen LogP contribution is 2.30. The van der Waals surface area contributed by atoms with Gasteiger partial charge in [-0.2, -0.15) is 0 Å². The van der Waals surface area contributed by atoms with Crippen molar-refractivity contribution in [2.45, 2.75) is 58.1 Å². The number of aliphatic hydroxyl groups is 1. The normalized spacial score (nSPS) is 23.8. The Bertz CT molecular complexity index is 505. The summed E-state index contributed by atoms with van der Waals surface area (Å²) in [5.74, 6) is 1.94. The van der Waals surface area contributed by atoms with E-state index in [1.165, 1.54) is 24.1 Å². The molecule has 0 aromatic carbocycles. The zero-order valence-corrected chi connectivity index (χ0v) is 13.0. The number of anilines is 1. The maximum Gasteiger partial charge on any atom is 0.136 e. The van der Waals surface area contributed by atoms with Crippen molar-refractivity contribution < 1.29 is 9.84 Å². The number of aryl methyl sites for hydroxylation is 2. The fourth-order valence-corrected chi connectivity index (χ4v) is 3.45. The third-order valence-corrected chi connectivity index (χ3v) is 4.39. The molecule has 2 atom stereocenters. The number of rotatable bonds is 3. The molecule has 1 N–H and O–H groups in total. The smallest absolute Gasteiger partial charge is 0.136 e. The molecule has 0 bridgehead atoms. The highest BCUT2D eigenvalue weighted by Gasteiger charge is 2.29. The number of morpholine rings is 1. The van der Waals surface area contributed by atoms with Crippen LogP contribution in [0.2, 0.25) is 0 Å². The summed E-state index contributed by atoms with van der Waals surface area (Å²) in [7, 11) is 0. The molecule has 0 amide bonds. The van der Waals surface area contributed by atoms with Crippen LogP contribution in [0.5, 0.6) is 0 Å². The van der Waals surface area contributed by atoms with Crippen molar-refractivity contribution in [3.05, 3.63) is 17.1 Å². The number of nitrogens with zero attached hydrogens (tertiary/aromatic N) is 3. The van der Waals surface area contributed by atoms with Crippen molar-refractivity contribution in [3.8, 4) is 0 Å². The summed E-state index contributed by atoms with van der Waals surface area (Å²) >= 11 is 0. The minimum absolute atomic E-state index is 0.207. The van der Waals surface area contributed by atoms with Crippen LogP contribution in [-0.4, -0.2) is 47.0 Å². The van der Waals surface area contributed by atoms with Crippen LogP contribution >= 0.6 is 0 Å². The van der Waals surface area contributed by atoms with Crippen LogP contribution in [0, 0.1) is 6.92 Å². The Hall–Kier alpha value is -1.20. The van der Waals surface area contributed by atoms with Gasteiger partial charge in [-0.25, -0.2) is 9.97 Å². The molecule has 1 aromatic rings. The van der Waals surface area contributed by atoms with E-state index in [9.17, 15) is 5.11 Å². The van der Waals surface area contributed by atoms with Crippen molar-refractivity contribution in [2.24, 2.45) is 0 Å². The van der Waals surface area contributed by atoms with Crippen molar-refractivity contribution >= 4 is 5.82 Å². The van der Waals surface area contributed by atoms with Gasteiger partial charge < -0.3 is 14.7 Å². The number of aromatic nitrogens is 2. The minimum Gasteiger partial charge on any atom is -0.393 e. The first-order valence-electron chi connectivity index (χ1n) is 8.04. The van der Waals surface area contributed by atoms with Crippen LogP contribution < -0.4 is 4.90 Å². The predicted octanol–water partition coefficient (Wildman–Crippen LogP) is 1.64. The average molecular weight is 291 g/mol. The Kier molecular flexibility index (Phi) is 4.40. The van der Waals surface area contributed by atoms with Crippen LogP contribution in [-0.2, 0) is 17.6 Å². The van der Waals surface area contributed by atoms with Crippen LogP contribution in [0.4, 0.5) is 5.82 Å². The summed E-state index contributed by atoms with van der Waals surface area (Å²) in [6.07, 6.45) is 4.98. The van der Waals surface area contributed by atoms with E-state index < -0.39 is 0 Å². The summed E-state index contributed by atoms with van der Waals surface area (Å²) < 4.78 is 5.61. The molecule has 1 saturated heterocycles. The van der Waals surface area contributed by atoms with Gasteiger partial charge in [-0.15, -0.1) is 0 Å². The fourth-order valence-electron chi connectivity index (χ4n) is 3.45. The zero-order chi connectivity index (χ0) is 14.8. The van der Waals surface area contributed by atoms with E-state index in [2.05, 4.69) is 9.88 Å². The second kappa shape index (κ2) is 6.28. The summed E-state index contributed by atoms with van der Waals surface area (Å²) in [4.78, 5) is 11.7. The van der Waals surface area contributed by atoms with E-state index in [0.29, 0.717) is 6.61 Å². The Balaban J connectivity index is 1.95. The van der Waals surface area contributed by atoms with Crippen molar-refractivity contribution in [1.29, 1.82) is 0 Å². The van der Waals surface area contributed by atoms with E-state index in [4.69, 9.17) is 9.72 Å². The van der Waals surface area contributed by atoms with E-state index >= 15 is 0 Å². The minimum atomic E-state index is -0.321. The molecule has 1 aliphatic heterocycles. The fraction of sp³-hybridized carbons (Fsp3) is 0.750. The molecule has 5 nitrogen and oxygen atoms in total. The van der Waals surface area contributed by atoms with Gasteiger partial charge in [-0.3, -0.25) is 0 Å². The Labute approximate surface area is 126 Å². The lowest BCUT2D eigenvalue weighted by Gasteiger charge is -2.39. The van der Waals surface area contributed by atoms with Crippen LogP contribution in [0.15, 0.2) is 0 Å². The van der Waals surface area contributed by atoms with Gasteiger partial charge >= 0.3 is 0 Å². The Morgan fingerprint density at radius 2 is 2.14 bits per heavy atom. The van der Waals surface area contributed by atoms with Gasteiger partial charge in [0.15, 0.2) is 0 Å². The van der Waals surface area contributed by atoms with Gasteiger partial charge in [0.05, 0.1) is 25.4 Å². The quantitative estimate of drug-likeness (QED) is 0.917. The highest BCUT2D eigenvalue weighted by molar-refractivity contribution is 5.51. The molecule has 1 aromatic heterocycles. The molecule has 21 heavy (non-hydrogen) atoms. The second-order valence-electron chi connectivity index (χ2n) is 6.23. The monoisotopic (exact) mass is 291 g/mol. The van der Waals surface area contributed by atoms with Gasteiger partial charge in [-0.1, -0.05) is 0 Å². The van der Waals surface area contributed by atoms with Crippen LogP contribution in [0.1, 0.15) is 43.3 Å². The lowest BCUT2D eigenvalue weighted by atomic mass is 9.95. The molecule has 2 aliphatic rings. The molecular weight excluding hydrogens is 266 g/mol. The third kappa shape index (κ3) is 3.19. The molecule has 2 unspecified atom stereocenters. The molecule has 116 valence electrons. The molecule has 1 aliphatic carbocycles. The summed E-state index contributed by atoms with van der Waals surface area (Å²) in [6.45, 7) is 6.06. The van der Waals surface area contributed by atoms with Gasteiger partial charge in [-0.05, 0) is 46.0 Å². The van der Waals surface area contributed by atoms with Crippen LogP contribution in [0.25, 0.3) is 0 Å². The van der Waals surface area contributed by atoms with Crippen molar-refractivity contribution in [3.63, 3.8) is 0 Å². The number of aliphatic hydroxyl groups excluding tert-OH is 1. The van der Waals surface area contributed by atoms with Gasteiger partial charge in [0.25, 0.3) is 0 Å². The number of ether oxygens (including phenoxy) is 1. The average Bonchev–Trinajstić information content (AvgIpc) is 2.46. The highest BCUT2D eigenvalue weighted by atomic mass is 16.5. The first kappa shape index (κ1) is 14.7. The molecule has 3 rings (SSSR count). The van der Waals surface area contributed by atoms with E-state index in [1.807, 2.05) is 13.8 Å². The largest absolute Gasteiger partial charge is 0.393 e. The number of fused-ring (bicyclic) bond motifs is 1. The molecule has 1 fully saturated rings. The van der Waals surface area contributed by atoms with Gasteiger partial charge in [0.2, 0.25) is 0 Å². The number of hydrogen-bond donors (Lipinski definition) is 1. The van der Waals surface area contributed by atoms with Crippen LogP contribution in [0.3, 0.4) is 0 Å². The van der Waals surface area contributed by atoms with Gasteiger partial charge in [0, 0.05) is 17.8 Å². The summed E-state index contributed by atoms with van der Waals surface area (Å²) in [5.41, 5.74) is 2.55. The lowest BCUT2D eigenvalue weighted by molar-refractivity contribution is 0.0716. The van der Waals surface area contributed by atoms with Crippen molar-refractivity contribution in [1.82, 2.24) is 9.97 Å². The third-order valence-electron chi connectivity index (χ3n) is 4.39. The SMILES string of the molecule is Cc1nc2c(c(N3CCOCC3CC(C)O)n1)CCCC2. The molecule has 5 heteroatoms. The first-order chi connectivity index (χ1) is 10.1. The van der Waals surface area contributed by atoms with E-state index in [1.54, 1.807) is 0 Å². The van der Waals surface area contributed by atoms with Gasteiger partial charge in [0.1, 0.15) is 11.6 Å². The Morgan fingerprint density at radius 3 is 2.95 bits per heavy atom. The summed E-state index contributed by atoms with van der Waals surface area (Å²) in [6, 6.07) is 0.207. The molecular formula is C16H25N3O2. The first-order valence-corrected chi connectivity index (χ1v) is 8.04. The maximum atomic E-state index is 9.75. The molecule has 0 spiro atoms. The lowest BCUT2D eigenvalue weighted by Crippen LogP contribution is -2.48. The maximum absolute atomic E-state index is 9.75. The predicted molar refractivity (Wildman–Crippen MR) is 81.7 cm³/mol. The summed E-state index contributed by atoms with van der Waals surface area (Å²) in [5, 5.41) is 9.75.